The molecular weight excluding hydrogens is 460 g/mol. The molecule has 1 atom stereocenters. The number of hydrogen-bond donors (Lipinski definition) is 2. The van der Waals surface area contributed by atoms with Crippen LogP contribution in [0.1, 0.15) is 39.8 Å². The first-order valence-electron chi connectivity index (χ1n) is 11.3. The van der Waals surface area contributed by atoms with Gasteiger partial charge in [0.2, 0.25) is 0 Å². The molecule has 0 unspecified atom stereocenters. The minimum Gasteiger partial charge on any atom is -0.351 e. The Hall–Kier alpha value is -3.97. The molecule has 0 aliphatic rings. The molecule has 3 aromatic carbocycles. The van der Waals surface area contributed by atoms with Crippen molar-refractivity contribution in [2.45, 2.75) is 26.2 Å². The van der Waals surface area contributed by atoms with Gasteiger partial charge in [-0.1, -0.05) is 41.9 Å². The zero-order valence-electron chi connectivity index (χ0n) is 19.7. The van der Waals surface area contributed by atoms with Crippen molar-refractivity contribution in [2.24, 2.45) is 0 Å². The van der Waals surface area contributed by atoms with E-state index in [1.807, 2.05) is 24.3 Å². The van der Waals surface area contributed by atoms with Gasteiger partial charge in [0, 0.05) is 12.2 Å². The maximum Gasteiger partial charge on any atom is 0.252 e. The Morgan fingerprint density at radius 1 is 1.03 bits per heavy atom. The molecule has 2 heterocycles. The number of halogens is 1. The fourth-order valence-electron chi connectivity index (χ4n) is 4.19. The van der Waals surface area contributed by atoms with Crippen LogP contribution in [0.2, 0.25) is 5.02 Å². The fourth-order valence-corrected chi connectivity index (χ4v) is 4.46. The van der Waals surface area contributed by atoms with Crippen molar-refractivity contribution < 1.29 is 4.79 Å². The number of rotatable bonds is 6. The molecule has 0 bridgehead atoms. The summed E-state index contributed by atoms with van der Waals surface area (Å²) in [6.45, 7) is 6.58. The SMILES string of the molecule is Cc1cc2nc([C@](C)(CNC(=O)c3ccc(-n4cnnc4)cc3Cl)c3ccccc3)[nH]c2cc1C. The number of carbonyl (C=O) groups excluding carboxylic acids is 1. The molecule has 0 saturated heterocycles. The molecule has 0 aliphatic heterocycles. The van der Waals surface area contributed by atoms with Crippen LogP contribution in [0.25, 0.3) is 16.7 Å². The van der Waals surface area contributed by atoms with Gasteiger partial charge >= 0.3 is 0 Å². The van der Waals surface area contributed by atoms with E-state index >= 15 is 0 Å². The minimum absolute atomic E-state index is 0.254. The Bertz CT molecular complexity index is 1470. The second kappa shape index (κ2) is 9.00. The van der Waals surface area contributed by atoms with Gasteiger partial charge in [0.25, 0.3) is 5.91 Å². The summed E-state index contributed by atoms with van der Waals surface area (Å²) in [5.74, 6) is 0.535. The van der Waals surface area contributed by atoms with Gasteiger partial charge in [-0.15, -0.1) is 10.2 Å². The van der Waals surface area contributed by atoms with Crippen molar-refractivity contribution in [3.05, 3.63) is 106 Å². The van der Waals surface area contributed by atoms with E-state index in [1.165, 1.54) is 11.1 Å². The monoisotopic (exact) mass is 484 g/mol. The van der Waals surface area contributed by atoms with E-state index in [2.05, 4.69) is 65.5 Å². The number of carbonyl (C=O) groups is 1. The molecule has 8 heteroatoms. The average molecular weight is 485 g/mol. The van der Waals surface area contributed by atoms with Crippen molar-refractivity contribution >= 4 is 28.5 Å². The normalized spacial score (nSPS) is 13.0. The van der Waals surface area contributed by atoms with Gasteiger partial charge in [0.15, 0.2) is 0 Å². The van der Waals surface area contributed by atoms with E-state index in [-0.39, 0.29) is 5.91 Å². The van der Waals surface area contributed by atoms with Crippen molar-refractivity contribution in [3.8, 4) is 5.69 Å². The number of fused-ring (bicyclic) bond motifs is 1. The van der Waals surface area contributed by atoms with E-state index in [4.69, 9.17) is 16.6 Å². The molecule has 0 spiro atoms. The summed E-state index contributed by atoms with van der Waals surface area (Å²) in [5, 5.41) is 11.0. The molecule has 2 N–H and O–H groups in total. The second-order valence-electron chi connectivity index (χ2n) is 8.95. The third-order valence-corrected chi connectivity index (χ3v) is 6.86. The average Bonchev–Trinajstić information content (AvgIpc) is 3.54. The lowest BCUT2D eigenvalue weighted by atomic mass is 9.81. The van der Waals surface area contributed by atoms with Crippen molar-refractivity contribution in [1.82, 2.24) is 30.0 Å². The molecule has 35 heavy (non-hydrogen) atoms. The lowest BCUT2D eigenvalue weighted by molar-refractivity contribution is 0.0947. The van der Waals surface area contributed by atoms with Crippen LogP contribution >= 0.6 is 11.6 Å². The van der Waals surface area contributed by atoms with Crippen LogP contribution in [0.4, 0.5) is 0 Å². The zero-order valence-corrected chi connectivity index (χ0v) is 20.5. The first kappa shape index (κ1) is 22.8. The third kappa shape index (κ3) is 4.31. The Morgan fingerprint density at radius 2 is 1.74 bits per heavy atom. The van der Waals surface area contributed by atoms with Gasteiger partial charge in [-0.25, -0.2) is 4.98 Å². The second-order valence-corrected chi connectivity index (χ2v) is 9.36. The van der Waals surface area contributed by atoms with Crippen molar-refractivity contribution in [1.29, 1.82) is 0 Å². The predicted molar refractivity (Wildman–Crippen MR) is 137 cm³/mol. The number of nitrogens with one attached hydrogen (secondary N) is 2. The fraction of sp³-hybridized carbons (Fsp3) is 0.185. The number of hydrogen-bond acceptors (Lipinski definition) is 4. The summed E-state index contributed by atoms with van der Waals surface area (Å²) in [5.41, 5.74) is 5.90. The van der Waals surface area contributed by atoms with Crippen LogP contribution in [0.15, 0.2) is 73.3 Å². The van der Waals surface area contributed by atoms with Crippen LogP contribution in [0, 0.1) is 13.8 Å². The third-order valence-electron chi connectivity index (χ3n) is 6.55. The highest BCUT2D eigenvalue weighted by molar-refractivity contribution is 6.34. The van der Waals surface area contributed by atoms with Gasteiger partial charge in [-0.2, -0.15) is 0 Å². The number of aromatic amines is 1. The summed E-state index contributed by atoms with van der Waals surface area (Å²) < 4.78 is 1.73. The molecule has 5 aromatic rings. The van der Waals surface area contributed by atoms with Crippen LogP contribution < -0.4 is 5.32 Å². The van der Waals surface area contributed by atoms with Gasteiger partial charge in [0.1, 0.15) is 18.5 Å². The molecule has 0 radical (unpaired) electrons. The van der Waals surface area contributed by atoms with Crippen LogP contribution in [0.5, 0.6) is 0 Å². The lowest BCUT2D eigenvalue weighted by Gasteiger charge is -2.28. The zero-order chi connectivity index (χ0) is 24.6. The molecule has 1 amide bonds. The first-order chi connectivity index (χ1) is 16.8. The predicted octanol–water partition coefficient (Wildman–Crippen LogP) is 5.15. The number of aromatic nitrogens is 5. The van der Waals surface area contributed by atoms with Crippen LogP contribution in [-0.2, 0) is 5.41 Å². The van der Waals surface area contributed by atoms with E-state index in [9.17, 15) is 4.79 Å². The largest absolute Gasteiger partial charge is 0.351 e. The molecule has 176 valence electrons. The number of H-pyrrole nitrogens is 1. The summed E-state index contributed by atoms with van der Waals surface area (Å²) in [6, 6.07) is 19.5. The molecule has 5 rings (SSSR count). The lowest BCUT2D eigenvalue weighted by Crippen LogP contribution is -2.40. The Balaban J connectivity index is 1.46. The number of nitrogens with zero attached hydrogens (tertiary/aromatic N) is 4. The van der Waals surface area contributed by atoms with Gasteiger partial charge in [-0.3, -0.25) is 9.36 Å². The molecule has 0 fully saturated rings. The standard InChI is InChI=1S/C27H25ClN6O/c1-17-11-23-24(12-18(17)2)33-26(32-23)27(3,19-7-5-4-6-8-19)14-29-25(35)21-10-9-20(13-22(21)28)34-15-30-31-16-34/h4-13,15-16H,14H2,1-3H3,(H,29,35)(H,32,33)/t27-/m1/s1. The Morgan fingerprint density at radius 3 is 2.46 bits per heavy atom. The van der Waals surface area contributed by atoms with Crippen molar-refractivity contribution in [2.75, 3.05) is 6.54 Å². The number of aryl methyl sites for hydroxylation is 2. The summed E-state index contributed by atoms with van der Waals surface area (Å²) >= 11 is 6.47. The first-order valence-corrected chi connectivity index (χ1v) is 11.7. The molecule has 2 aromatic heterocycles. The van der Waals surface area contributed by atoms with Crippen molar-refractivity contribution in [3.63, 3.8) is 0 Å². The molecule has 0 aliphatic carbocycles. The van der Waals surface area contributed by atoms with Crippen LogP contribution in [-0.4, -0.2) is 37.2 Å². The van der Waals surface area contributed by atoms with E-state index in [1.54, 1.807) is 29.4 Å². The quantitative estimate of drug-likeness (QED) is 0.349. The summed E-state index contributed by atoms with van der Waals surface area (Å²) in [4.78, 5) is 21.6. The van der Waals surface area contributed by atoms with Gasteiger partial charge < -0.3 is 10.3 Å². The molecule has 7 nitrogen and oxygen atoms in total. The highest BCUT2D eigenvalue weighted by Gasteiger charge is 2.33. The Labute approximate surface area is 208 Å². The highest BCUT2D eigenvalue weighted by atomic mass is 35.5. The Kier molecular flexibility index (Phi) is 5.86. The summed E-state index contributed by atoms with van der Waals surface area (Å²) in [6.07, 6.45) is 3.15. The van der Waals surface area contributed by atoms with E-state index in [0.717, 1.165) is 28.1 Å². The van der Waals surface area contributed by atoms with E-state index in [0.29, 0.717) is 17.1 Å². The minimum atomic E-state index is -0.591. The maximum absolute atomic E-state index is 13.2. The van der Waals surface area contributed by atoms with E-state index < -0.39 is 5.41 Å². The van der Waals surface area contributed by atoms with Gasteiger partial charge in [0.05, 0.1) is 27.0 Å². The number of amides is 1. The van der Waals surface area contributed by atoms with Gasteiger partial charge in [-0.05, 0) is 67.8 Å². The molecular formula is C27H25ClN6O. The number of imidazole rings is 1. The topological polar surface area (TPSA) is 88.5 Å². The maximum atomic E-state index is 13.2. The smallest absolute Gasteiger partial charge is 0.252 e. The number of benzene rings is 3. The molecule has 0 saturated carbocycles. The van der Waals surface area contributed by atoms with Crippen LogP contribution in [0.3, 0.4) is 0 Å². The highest BCUT2D eigenvalue weighted by Crippen LogP contribution is 2.32. The summed E-state index contributed by atoms with van der Waals surface area (Å²) in [7, 11) is 0.